The Morgan fingerprint density at radius 1 is 1.16 bits per heavy atom. The van der Waals surface area contributed by atoms with Crippen molar-refractivity contribution in [2.45, 2.75) is 70.6 Å². The van der Waals surface area contributed by atoms with Crippen LogP contribution >= 0.6 is 0 Å². The van der Waals surface area contributed by atoms with E-state index in [-0.39, 0.29) is 24.8 Å². The minimum Gasteiger partial charge on any atom is -0.391 e. The Balaban J connectivity index is 1.26. The quantitative estimate of drug-likeness (QED) is 0.485. The van der Waals surface area contributed by atoms with E-state index < -0.39 is 23.6 Å². The molecule has 0 spiro atoms. The second-order valence-corrected chi connectivity index (χ2v) is 11.2. The number of aromatic nitrogens is 5. The second-order valence-electron chi connectivity index (χ2n) is 11.2. The van der Waals surface area contributed by atoms with Crippen molar-refractivity contribution in [2.24, 2.45) is 5.41 Å². The fourth-order valence-electron chi connectivity index (χ4n) is 5.08. The third-order valence-corrected chi connectivity index (χ3v) is 7.11. The lowest BCUT2D eigenvalue weighted by Crippen LogP contribution is -2.50. The van der Waals surface area contributed by atoms with E-state index in [1.54, 1.807) is 10.9 Å². The first-order valence-electron chi connectivity index (χ1n) is 13.0. The van der Waals surface area contributed by atoms with Gasteiger partial charge in [0.2, 0.25) is 11.8 Å². The number of aliphatic hydroxyl groups excluding tert-OH is 1. The molecule has 1 aliphatic heterocycles. The Kier molecular flexibility index (Phi) is 6.85. The third-order valence-electron chi connectivity index (χ3n) is 7.11. The number of β-amino-alcohol motifs (C(OH)–C–C–N with tert-alkyl or cyclic N) is 1. The largest absolute Gasteiger partial charge is 0.391 e. The molecule has 1 aromatic carbocycles. The maximum atomic E-state index is 13.8. The number of nitrogens with one attached hydrogen (secondary N) is 1. The molecule has 2 aliphatic rings. The minimum atomic E-state index is -0.752. The summed E-state index contributed by atoms with van der Waals surface area (Å²) in [7, 11) is 0. The lowest BCUT2D eigenvalue weighted by Gasteiger charge is -2.34. The van der Waals surface area contributed by atoms with Gasteiger partial charge in [-0.25, -0.2) is 9.36 Å². The Morgan fingerprint density at radius 2 is 1.92 bits per heavy atom. The average molecular weight is 506 g/mol. The molecule has 10 heteroatoms. The molecule has 2 amide bonds. The van der Waals surface area contributed by atoms with Gasteiger partial charge in [0, 0.05) is 49.9 Å². The van der Waals surface area contributed by atoms with E-state index in [2.05, 4.69) is 20.7 Å². The molecule has 0 unspecified atom stereocenters. The standard InChI is InChI=1S/C27H35N7O3/c1-27(2,3)24(33-17-22(30-31-33)18-9-10-18)26(37)32-16-21(35)15-23(32)25(36)28-13-11-20-12-14-29-34(20)19-7-5-4-6-8-19/h4-8,12,14,17-18,21,23-24,35H,9-11,13,15-16H2,1-3H3,(H,28,36)/t21-,23+,24-/m1/s1. The number of amides is 2. The normalized spacial score (nSPS) is 20.7. The highest BCUT2D eigenvalue weighted by Gasteiger charge is 2.45. The first kappa shape index (κ1) is 25.1. The summed E-state index contributed by atoms with van der Waals surface area (Å²) in [4.78, 5) is 28.6. The van der Waals surface area contributed by atoms with Crippen LogP contribution in [0.4, 0.5) is 0 Å². The number of rotatable bonds is 8. The van der Waals surface area contributed by atoms with Crippen LogP contribution in [0.2, 0.25) is 0 Å². The Bertz CT molecular complexity index is 1240. The zero-order valence-electron chi connectivity index (χ0n) is 21.6. The molecule has 0 bridgehead atoms. The topological polar surface area (TPSA) is 118 Å². The smallest absolute Gasteiger partial charge is 0.248 e. The minimum absolute atomic E-state index is 0.120. The van der Waals surface area contributed by atoms with Gasteiger partial charge in [-0.2, -0.15) is 5.10 Å². The Labute approximate surface area is 216 Å². The number of para-hydroxylation sites is 1. The van der Waals surface area contributed by atoms with E-state index >= 15 is 0 Å². The van der Waals surface area contributed by atoms with Crippen molar-refractivity contribution in [3.05, 3.63) is 60.2 Å². The van der Waals surface area contributed by atoms with Gasteiger partial charge in [-0.3, -0.25) is 9.59 Å². The summed E-state index contributed by atoms with van der Waals surface area (Å²) in [6.45, 7) is 6.44. The zero-order chi connectivity index (χ0) is 26.2. The summed E-state index contributed by atoms with van der Waals surface area (Å²) in [6, 6.07) is 10.4. The lowest BCUT2D eigenvalue weighted by molar-refractivity contribution is -0.144. The number of aliphatic hydroxyl groups is 1. The summed E-state index contributed by atoms with van der Waals surface area (Å²) in [5.74, 6) is -0.0611. The first-order valence-corrected chi connectivity index (χ1v) is 13.0. The van der Waals surface area contributed by atoms with E-state index in [1.165, 1.54) is 4.90 Å². The molecule has 0 radical (unpaired) electrons. The van der Waals surface area contributed by atoms with Crippen LogP contribution in [-0.2, 0) is 16.0 Å². The molecule has 3 atom stereocenters. The number of nitrogens with zero attached hydrogens (tertiary/aromatic N) is 6. The molecule has 2 N–H and O–H groups in total. The maximum absolute atomic E-state index is 13.8. The predicted octanol–water partition coefficient (Wildman–Crippen LogP) is 2.25. The number of likely N-dealkylation sites (tertiary alicyclic amines) is 1. The zero-order valence-corrected chi connectivity index (χ0v) is 21.6. The van der Waals surface area contributed by atoms with Gasteiger partial charge in [-0.15, -0.1) is 5.10 Å². The van der Waals surface area contributed by atoms with E-state index in [0.29, 0.717) is 18.9 Å². The van der Waals surface area contributed by atoms with Gasteiger partial charge in [0.05, 0.1) is 17.5 Å². The van der Waals surface area contributed by atoms with E-state index in [0.717, 1.165) is 29.9 Å². The van der Waals surface area contributed by atoms with E-state index in [1.807, 2.05) is 68.0 Å². The molecule has 5 rings (SSSR count). The van der Waals surface area contributed by atoms with Crippen molar-refractivity contribution in [3.63, 3.8) is 0 Å². The SMILES string of the molecule is CC(C)(C)[C@@H](C(=O)N1C[C@H](O)C[C@H]1C(=O)NCCc1ccnn1-c1ccccc1)n1cc(C2CC2)nn1. The van der Waals surface area contributed by atoms with Crippen molar-refractivity contribution in [3.8, 4) is 5.69 Å². The van der Waals surface area contributed by atoms with Crippen LogP contribution < -0.4 is 5.32 Å². The molecule has 2 aromatic heterocycles. The Morgan fingerprint density at radius 3 is 2.62 bits per heavy atom. The van der Waals surface area contributed by atoms with Crippen molar-refractivity contribution >= 4 is 11.8 Å². The maximum Gasteiger partial charge on any atom is 0.248 e. The fourth-order valence-corrected chi connectivity index (χ4v) is 5.08. The number of carbonyl (C=O) groups is 2. The molecular weight excluding hydrogens is 470 g/mol. The highest BCUT2D eigenvalue weighted by atomic mass is 16.3. The second kappa shape index (κ2) is 10.1. The molecule has 10 nitrogen and oxygen atoms in total. The molecular formula is C27H35N7O3. The highest BCUT2D eigenvalue weighted by molar-refractivity contribution is 5.90. The summed E-state index contributed by atoms with van der Waals surface area (Å²) in [6.07, 6.45) is 5.83. The van der Waals surface area contributed by atoms with E-state index in [9.17, 15) is 14.7 Å². The van der Waals surface area contributed by atoms with Crippen molar-refractivity contribution < 1.29 is 14.7 Å². The number of hydrogen-bond acceptors (Lipinski definition) is 6. The third kappa shape index (κ3) is 5.44. The molecule has 37 heavy (non-hydrogen) atoms. The van der Waals surface area contributed by atoms with Crippen molar-refractivity contribution in [1.82, 2.24) is 35.0 Å². The summed E-state index contributed by atoms with van der Waals surface area (Å²) >= 11 is 0. The van der Waals surface area contributed by atoms with E-state index in [4.69, 9.17) is 0 Å². The van der Waals surface area contributed by atoms with Gasteiger partial charge in [0.1, 0.15) is 12.1 Å². The number of carbonyl (C=O) groups excluding carboxylic acids is 2. The lowest BCUT2D eigenvalue weighted by atomic mass is 9.85. The summed E-state index contributed by atoms with van der Waals surface area (Å²) in [5, 5.41) is 26.4. The van der Waals surface area contributed by atoms with Crippen LogP contribution in [0.1, 0.15) is 63.4 Å². The van der Waals surface area contributed by atoms with Crippen LogP contribution in [0.15, 0.2) is 48.8 Å². The van der Waals surface area contributed by atoms with Gasteiger partial charge in [0.15, 0.2) is 0 Å². The van der Waals surface area contributed by atoms with Crippen molar-refractivity contribution in [1.29, 1.82) is 0 Å². The van der Waals surface area contributed by atoms with Gasteiger partial charge in [-0.1, -0.05) is 44.2 Å². The van der Waals surface area contributed by atoms with Gasteiger partial charge < -0.3 is 15.3 Å². The van der Waals surface area contributed by atoms with Crippen LogP contribution in [0.5, 0.6) is 0 Å². The molecule has 1 saturated carbocycles. The molecule has 2 fully saturated rings. The van der Waals surface area contributed by atoms with Gasteiger partial charge >= 0.3 is 0 Å². The molecule has 3 aromatic rings. The summed E-state index contributed by atoms with van der Waals surface area (Å²) < 4.78 is 3.49. The molecule has 1 saturated heterocycles. The predicted molar refractivity (Wildman–Crippen MR) is 137 cm³/mol. The fraction of sp³-hybridized carbons (Fsp3) is 0.519. The van der Waals surface area contributed by atoms with Crippen LogP contribution in [0, 0.1) is 5.41 Å². The molecule has 3 heterocycles. The Hall–Kier alpha value is -3.53. The van der Waals surface area contributed by atoms with Crippen LogP contribution in [-0.4, -0.2) is 71.8 Å². The number of benzene rings is 1. The average Bonchev–Trinajstić information content (AvgIpc) is 3.24. The van der Waals surface area contributed by atoms with Crippen molar-refractivity contribution in [2.75, 3.05) is 13.1 Å². The first-order chi connectivity index (χ1) is 17.7. The van der Waals surface area contributed by atoms with Gasteiger partial charge in [0.25, 0.3) is 0 Å². The number of hydrogen-bond donors (Lipinski definition) is 2. The highest BCUT2D eigenvalue weighted by Crippen LogP contribution is 2.40. The van der Waals surface area contributed by atoms with Gasteiger partial charge in [-0.05, 0) is 36.5 Å². The monoisotopic (exact) mass is 505 g/mol. The molecule has 1 aliphatic carbocycles. The van der Waals surface area contributed by atoms with Crippen LogP contribution in [0.25, 0.3) is 5.69 Å². The van der Waals surface area contributed by atoms with Crippen LogP contribution in [0.3, 0.4) is 0 Å². The summed E-state index contributed by atoms with van der Waals surface area (Å²) in [5.41, 5.74) is 2.37. The molecule has 196 valence electrons.